The van der Waals surface area contributed by atoms with E-state index in [4.69, 9.17) is 4.74 Å². The standard InChI is InChI=1S/C23H23IN2OS/c24-20-12-7-13-25-23(20)28-22(19-10-5-2-6-11-19)21-17-26(14-15-27-21)16-18-8-3-1-4-9-18/h1-13,21-22H,14-17H2/t21-,22-/m0/s1. The van der Waals surface area contributed by atoms with E-state index >= 15 is 0 Å². The summed E-state index contributed by atoms with van der Waals surface area (Å²) in [5.41, 5.74) is 2.65. The van der Waals surface area contributed by atoms with Gasteiger partial charge < -0.3 is 4.74 Å². The van der Waals surface area contributed by atoms with Crippen LogP contribution in [0.25, 0.3) is 0 Å². The van der Waals surface area contributed by atoms with Gasteiger partial charge in [-0.15, -0.1) is 0 Å². The minimum atomic E-state index is 0.127. The second-order valence-electron chi connectivity index (χ2n) is 6.87. The molecule has 0 saturated carbocycles. The second-order valence-corrected chi connectivity index (χ2v) is 9.16. The maximum Gasteiger partial charge on any atom is 0.110 e. The average Bonchev–Trinajstić information content (AvgIpc) is 2.75. The number of ether oxygens (including phenoxy) is 1. The minimum Gasteiger partial charge on any atom is -0.374 e. The third-order valence-electron chi connectivity index (χ3n) is 4.86. The molecule has 0 amide bonds. The van der Waals surface area contributed by atoms with Crippen molar-refractivity contribution in [2.75, 3.05) is 19.7 Å². The van der Waals surface area contributed by atoms with E-state index in [9.17, 15) is 0 Å². The van der Waals surface area contributed by atoms with E-state index in [1.165, 1.54) is 14.7 Å². The van der Waals surface area contributed by atoms with Crippen molar-refractivity contribution < 1.29 is 4.74 Å². The van der Waals surface area contributed by atoms with Crippen LogP contribution < -0.4 is 0 Å². The van der Waals surface area contributed by atoms with Crippen LogP contribution in [0.15, 0.2) is 84.0 Å². The highest BCUT2D eigenvalue weighted by Gasteiger charge is 2.31. The molecule has 1 saturated heterocycles. The van der Waals surface area contributed by atoms with E-state index in [-0.39, 0.29) is 11.4 Å². The fraction of sp³-hybridized carbons (Fsp3) is 0.261. The van der Waals surface area contributed by atoms with Gasteiger partial charge in [0.15, 0.2) is 0 Å². The molecule has 0 spiro atoms. The van der Waals surface area contributed by atoms with Crippen LogP contribution in [0.3, 0.4) is 0 Å². The summed E-state index contributed by atoms with van der Waals surface area (Å²) in [7, 11) is 0. The summed E-state index contributed by atoms with van der Waals surface area (Å²) in [5.74, 6) is 0. The number of hydrogen-bond acceptors (Lipinski definition) is 4. The molecule has 3 aromatic rings. The van der Waals surface area contributed by atoms with Crippen molar-refractivity contribution >= 4 is 34.4 Å². The molecule has 0 radical (unpaired) electrons. The van der Waals surface area contributed by atoms with Gasteiger partial charge in [0.1, 0.15) is 5.03 Å². The SMILES string of the molecule is Ic1cccnc1S[C@@H](c1ccccc1)[C@@H]1CN(Cc2ccccc2)CCO1. The number of aromatic nitrogens is 1. The molecule has 5 heteroatoms. The molecular formula is C23H23IN2OS. The first-order valence-electron chi connectivity index (χ1n) is 9.49. The molecule has 2 atom stereocenters. The van der Waals surface area contributed by atoms with Crippen molar-refractivity contribution in [1.29, 1.82) is 0 Å². The summed E-state index contributed by atoms with van der Waals surface area (Å²) in [6.45, 7) is 3.62. The highest BCUT2D eigenvalue weighted by molar-refractivity contribution is 14.1. The highest BCUT2D eigenvalue weighted by atomic mass is 127. The summed E-state index contributed by atoms with van der Waals surface area (Å²) < 4.78 is 7.47. The molecular weight excluding hydrogens is 479 g/mol. The summed E-state index contributed by atoms with van der Waals surface area (Å²) in [5, 5.41) is 1.28. The zero-order valence-corrected chi connectivity index (χ0v) is 18.6. The van der Waals surface area contributed by atoms with E-state index in [1.807, 2.05) is 24.0 Å². The van der Waals surface area contributed by atoms with Gasteiger partial charge in [0.2, 0.25) is 0 Å². The molecule has 1 aliphatic heterocycles. The molecule has 0 N–H and O–H groups in total. The number of morpholine rings is 1. The van der Waals surface area contributed by atoms with Crippen LogP contribution in [0.2, 0.25) is 0 Å². The van der Waals surface area contributed by atoms with Crippen molar-refractivity contribution in [3.8, 4) is 0 Å². The van der Waals surface area contributed by atoms with Crippen molar-refractivity contribution in [2.45, 2.75) is 22.9 Å². The third kappa shape index (κ3) is 5.14. The number of pyridine rings is 1. The number of rotatable bonds is 6. The van der Waals surface area contributed by atoms with Gasteiger partial charge in [0.05, 0.1) is 18.0 Å². The normalized spacial score (nSPS) is 18.7. The topological polar surface area (TPSA) is 25.4 Å². The lowest BCUT2D eigenvalue weighted by Crippen LogP contribution is -2.44. The highest BCUT2D eigenvalue weighted by Crippen LogP contribution is 2.40. The molecule has 1 aromatic heterocycles. The number of halogens is 1. The third-order valence-corrected chi connectivity index (χ3v) is 7.47. The first-order valence-corrected chi connectivity index (χ1v) is 11.5. The Labute approximate surface area is 184 Å². The van der Waals surface area contributed by atoms with E-state index < -0.39 is 0 Å². The summed E-state index contributed by atoms with van der Waals surface area (Å²) in [6, 6.07) is 25.5. The van der Waals surface area contributed by atoms with Gasteiger partial charge in [-0.25, -0.2) is 4.98 Å². The molecule has 1 aliphatic rings. The molecule has 3 nitrogen and oxygen atoms in total. The molecule has 144 valence electrons. The van der Waals surface area contributed by atoms with E-state index in [0.717, 1.165) is 31.3 Å². The van der Waals surface area contributed by atoms with Gasteiger partial charge in [0, 0.05) is 29.4 Å². The predicted octanol–water partition coefficient (Wildman–Crippen LogP) is 5.42. The molecule has 28 heavy (non-hydrogen) atoms. The van der Waals surface area contributed by atoms with Crippen LogP contribution in [-0.4, -0.2) is 35.7 Å². The van der Waals surface area contributed by atoms with Crippen LogP contribution in [0.1, 0.15) is 16.4 Å². The summed E-state index contributed by atoms with van der Waals surface area (Å²) in [6.07, 6.45) is 2.00. The molecule has 2 aromatic carbocycles. The van der Waals surface area contributed by atoms with Crippen molar-refractivity contribution in [2.24, 2.45) is 0 Å². The monoisotopic (exact) mass is 502 g/mol. The fourth-order valence-electron chi connectivity index (χ4n) is 3.48. The van der Waals surface area contributed by atoms with Gasteiger partial charge in [-0.05, 0) is 45.9 Å². The van der Waals surface area contributed by atoms with Gasteiger partial charge >= 0.3 is 0 Å². The van der Waals surface area contributed by atoms with Crippen LogP contribution in [0.4, 0.5) is 0 Å². The average molecular weight is 502 g/mol. The Bertz CT molecular complexity index is 878. The Morgan fingerprint density at radius 2 is 1.79 bits per heavy atom. The van der Waals surface area contributed by atoms with Crippen LogP contribution in [0.5, 0.6) is 0 Å². The van der Waals surface area contributed by atoms with Gasteiger partial charge in [-0.3, -0.25) is 4.90 Å². The smallest absolute Gasteiger partial charge is 0.110 e. The molecule has 1 fully saturated rings. The largest absolute Gasteiger partial charge is 0.374 e. The number of hydrogen-bond donors (Lipinski definition) is 0. The van der Waals surface area contributed by atoms with Crippen LogP contribution in [-0.2, 0) is 11.3 Å². The summed E-state index contributed by atoms with van der Waals surface area (Å²) in [4.78, 5) is 7.11. The first-order chi connectivity index (χ1) is 13.8. The zero-order chi connectivity index (χ0) is 19.2. The quantitative estimate of drug-likeness (QED) is 0.332. The van der Waals surface area contributed by atoms with Gasteiger partial charge in [-0.2, -0.15) is 0 Å². The number of nitrogens with zero attached hydrogens (tertiary/aromatic N) is 2. The zero-order valence-electron chi connectivity index (χ0n) is 15.6. The number of thioether (sulfide) groups is 1. The second kappa shape index (κ2) is 9.87. The number of benzene rings is 2. The van der Waals surface area contributed by atoms with E-state index in [2.05, 4.69) is 99.2 Å². The Morgan fingerprint density at radius 3 is 2.54 bits per heavy atom. The maximum absolute atomic E-state index is 6.28. The van der Waals surface area contributed by atoms with Crippen molar-refractivity contribution in [1.82, 2.24) is 9.88 Å². The minimum absolute atomic E-state index is 0.127. The van der Waals surface area contributed by atoms with Gasteiger partial charge in [0.25, 0.3) is 0 Å². The van der Waals surface area contributed by atoms with Crippen LogP contribution in [0, 0.1) is 3.57 Å². The molecule has 4 rings (SSSR count). The van der Waals surface area contributed by atoms with E-state index in [0.29, 0.717) is 0 Å². The fourth-order valence-corrected chi connectivity index (χ4v) is 5.36. The predicted molar refractivity (Wildman–Crippen MR) is 123 cm³/mol. The Kier molecular flexibility index (Phi) is 7.01. The van der Waals surface area contributed by atoms with Crippen molar-refractivity contribution in [3.05, 3.63) is 93.7 Å². The molecule has 0 aliphatic carbocycles. The van der Waals surface area contributed by atoms with E-state index in [1.54, 1.807) is 0 Å². The molecule has 0 bridgehead atoms. The lowest BCUT2D eigenvalue weighted by molar-refractivity contribution is -0.0320. The van der Waals surface area contributed by atoms with Crippen LogP contribution >= 0.6 is 34.4 Å². The Hall–Kier alpha value is -1.41. The maximum atomic E-state index is 6.28. The lowest BCUT2D eigenvalue weighted by atomic mass is 10.1. The Morgan fingerprint density at radius 1 is 1.04 bits per heavy atom. The molecule has 2 heterocycles. The first kappa shape index (κ1) is 19.9. The van der Waals surface area contributed by atoms with Gasteiger partial charge in [-0.1, -0.05) is 72.4 Å². The Balaban J connectivity index is 1.54. The lowest BCUT2D eigenvalue weighted by Gasteiger charge is -2.37. The van der Waals surface area contributed by atoms with Crippen molar-refractivity contribution in [3.63, 3.8) is 0 Å². The summed E-state index contributed by atoms with van der Waals surface area (Å²) >= 11 is 4.18. The molecule has 0 unspecified atom stereocenters.